The number of alkyl halides is 2. The quantitative estimate of drug-likeness (QED) is 0.211. The van der Waals surface area contributed by atoms with Crippen molar-refractivity contribution in [2.45, 2.75) is 64.3 Å². The summed E-state index contributed by atoms with van der Waals surface area (Å²) in [7, 11) is 0. The van der Waals surface area contributed by atoms with E-state index in [1.165, 1.54) is 6.08 Å². The van der Waals surface area contributed by atoms with E-state index in [1.54, 1.807) is 24.0 Å². The lowest BCUT2D eigenvalue weighted by Gasteiger charge is -2.38. The first kappa shape index (κ1) is 30.5. The van der Waals surface area contributed by atoms with Gasteiger partial charge in [-0.15, -0.1) is 0 Å². The lowest BCUT2D eigenvalue weighted by molar-refractivity contribution is -0.126. The van der Waals surface area contributed by atoms with Gasteiger partial charge in [0.25, 0.3) is 0 Å². The number of hydrogen-bond donors (Lipinski definition) is 1. The van der Waals surface area contributed by atoms with E-state index in [0.29, 0.717) is 58.2 Å². The molecule has 230 valence electrons. The van der Waals surface area contributed by atoms with Crippen LogP contribution in [-0.4, -0.2) is 77.6 Å². The Morgan fingerprint density at radius 2 is 1.84 bits per heavy atom. The van der Waals surface area contributed by atoms with Gasteiger partial charge in [-0.1, -0.05) is 44.2 Å². The van der Waals surface area contributed by atoms with Gasteiger partial charge in [0, 0.05) is 55.4 Å². The molecule has 0 radical (unpaired) electrons. The predicted molar refractivity (Wildman–Crippen MR) is 165 cm³/mol. The average molecular weight is 594 g/mol. The van der Waals surface area contributed by atoms with Crippen LogP contribution in [-0.2, 0) is 17.8 Å². The molecular weight excluding hydrogens is 552 g/mol. The smallest absolute Gasteiger partial charge is 0.318 e. The molecule has 10 heteroatoms. The highest BCUT2D eigenvalue weighted by molar-refractivity contribution is 5.95. The molecule has 1 N–H and O–H groups in total. The van der Waals surface area contributed by atoms with Crippen LogP contribution in [0.5, 0.6) is 11.8 Å². The maximum atomic E-state index is 13.8. The van der Waals surface area contributed by atoms with Gasteiger partial charge in [0.15, 0.2) is 0 Å². The number of phenolic OH excluding ortho intramolecular Hbond substituents is 1. The minimum Gasteiger partial charge on any atom is -0.508 e. The molecular formula is C33H41F2N5O3. The van der Waals surface area contributed by atoms with Crippen molar-refractivity contribution >= 4 is 28.2 Å². The summed E-state index contributed by atoms with van der Waals surface area (Å²) < 4.78 is 33.4. The number of phenols is 1. The molecule has 3 aromatic rings. The largest absolute Gasteiger partial charge is 0.508 e. The molecule has 5 rings (SSSR count). The first-order chi connectivity index (χ1) is 20.9. The van der Waals surface area contributed by atoms with Crippen molar-refractivity contribution < 1.29 is 23.4 Å². The number of aromatic nitrogens is 2. The predicted octanol–water partition coefficient (Wildman–Crippen LogP) is 5.76. The second-order valence-electron chi connectivity index (χ2n) is 11.3. The summed E-state index contributed by atoms with van der Waals surface area (Å²) in [4.78, 5) is 28.0. The van der Waals surface area contributed by atoms with Crippen LogP contribution in [0.15, 0.2) is 49.1 Å². The highest BCUT2D eigenvalue weighted by atomic mass is 19.2. The fourth-order valence-corrected chi connectivity index (χ4v) is 5.94. The molecule has 0 spiro atoms. The number of amides is 1. The number of fused-ring (bicyclic) bond motifs is 2. The zero-order chi connectivity index (χ0) is 30.3. The number of aromatic hydroxyl groups is 1. The molecule has 1 fully saturated rings. The normalized spacial score (nSPS) is 16.6. The first-order valence-corrected chi connectivity index (χ1v) is 15.3. The van der Waals surface area contributed by atoms with Gasteiger partial charge in [-0.05, 0) is 49.6 Å². The molecule has 2 atom stereocenters. The van der Waals surface area contributed by atoms with E-state index >= 15 is 0 Å². The van der Waals surface area contributed by atoms with Crippen molar-refractivity contribution in [2.75, 3.05) is 49.1 Å². The van der Waals surface area contributed by atoms with Crippen LogP contribution >= 0.6 is 0 Å². The Labute approximate surface area is 252 Å². The van der Waals surface area contributed by atoms with Crippen LogP contribution in [0.25, 0.3) is 10.8 Å². The van der Waals surface area contributed by atoms with Crippen LogP contribution in [0.2, 0.25) is 0 Å². The summed E-state index contributed by atoms with van der Waals surface area (Å²) in [6, 6.07) is 11.9. The minimum absolute atomic E-state index is 0.0711. The molecule has 0 bridgehead atoms. The van der Waals surface area contributed by atoms with Gasteiger partial charge < -0.3 is 24.5 Å². The molecule has 1 amide bonds. The van der Waals surface area contributed by atoms with Gasteiger partial charge in [-0.25, -0.2) is 8.78 Å². The summed E-state index contributed by atoms with van der Waals surface area (Å²) >= 11 is 0. The Kier molecular flexibility index (Phi) is 9.94. The zero-order valence-corrected chi connectivity index (χ0v) is 24.9. The Balaban J connectivity index is 1.33. The average Bonchev–Trinajstić information content (AvgIpc) is 3.04. The maximum absolute atomic E-state index is 13.8. The van der Waals surface area contributed by atoms with Gasteiger partial charge in [0.05, 0.1) is 18.8 Å². The Morgan fingerprint density at radius 3 is 2.60 bits per heavy atom. The molecule has 2 aromatic carbocycles. The highest BCUT2D eigenvalue weighted by Gasteiger charge is 2.29. The molecule has 2 aliphatic rings. The lowest BCUT2D eigenvalue weighted by atomic mass is 10.0. The standard InChI is InChI=1S/C33H41F2N5O3/c1-3-27(34)28(35)12-6-5-9-19-43-33-36-29-22-40(30-21-24(41)20-23-10-7-8-11-25(23)30)14-13-26(29)32(37-33)39-17-15-38(16-18-39)31(42)4-2/h4,7-8,10-11,20-21,27-28,41H,2-3,5-6,9,12-19,22H2,1H3/t27-,28+/m0/s1. The number of halogens is 2. The Morgan fingerprint density at radius 1 is 1.05 bits per heavy atom. The summed E-state index contributed by atoms with van der Waals surface area (Å²) in [5, 5.41) is 12.5. The number of nitrogens with zero attached hydrogens (tertiary/aromatic N) is 5. The second-order valence-corrected chi connectivity index (χ2v) is 11.3. The molecule has 2 aliphatic heterocycles. The number of unbranched alkanes of at least 4 members (excludes halogenated alkanes) is 2. The minimum atomic E-state index is -1.41. The third kappa shape index (κ3) is 7.17. The number of hydrogen-bond acceptors (Lipinski definition) is 7. The van der Waals surface area contributed by atoms with Gasteiger partial charge in [0.1, 0.15) is 23.9 Å². The van der Waals surface area contributed by atoms with Crippen molar-refractivity contribution in [3.8, 4) is 11.8 Å². The molecule has 1 aromatic heterocycles. The van der Waals surface area contributed by atoms with Crippen molar-refractivity contribution in [3.05, 3.63) is 60.3 Å². The number of carbonyl (C=O) groups is 1. The summed E-state index contributed by atoms with van der Waals surface area (Å²) in [6.45, 7) is 9.35. The highest BCUT2D eigenvalue weighted by Crippen LogP contribution is 2.36. The summed E-state index contributed by atoms with van der Waals surface area (Å²) in [5.41, 5.74) is 2.89. The Bertz CT molecular complexity index is 1430. The zero-order valence-electron chi connectivity index (χ0n) is 24.9. The van der Waals surface area contributed by atoms with E-state index in [9.17, 15) is 18.7 Å². The van der Waals surface area contributed by atoms with Gasteiger partial charge in [-0.2, -0.15) is 9.97 Å². The monoisotopic (exact) mass is 593 g/mol. The van der Waals surface area contributed by atoms with Gasteiger partial charge in [0.2, 0.25) is 5.91 Å². The number of anilines is 2. The number of rotatable bonds is 12. The van der Waals surface area contributed by atoms with Crippen LogP contribution < -0.4 is 14.5 Å². The van der Waals surface area contributed by atoms with E-state index in [0.717, 1.165) is 52.9 Å². The van der Waals surface area contributed by atoms with Crippen molar-refractivity contribution in [1.29, 1.82) is 0 Å². The van der Waals surface area contributed by atoms with E-state index in [1.807, 2.05) is 18.2 Å². The topological polar surface area (TPSA) is 82.0 Å². The molecule has 43 heavy (non-hydrogen) atoms. The SMILES string of the molecule is C=CC(=O)N1CCN(c2nc(OCCCCC[C@@H](F)[C@@H](F)CC)nc3c2CCN(c2cc(O)cc4ccccc24)C3)CC1. The molecule has 1 saturated heterocycles. The van der Waals surface area contributed by atoms with E-state index in [2.05, 4.69) is 22.4 Å². The summed E-state index contributed by atoms with van der Waals surface area (Å²) in [6.07, 6.45) is 1.69. The van der Waals surface area contributed by atoms with Crippen LogP contribution in [0.1, 0.15) is 50.3 Å². The second kappa shape index (κ2) is 14.0. The van der Waals surface area contributed by atoms with Crippen molar-refractivity contribution in [2.24, 2.45) is 0 Å². The van der Waals surface area contributed by atoms with Gasteiger partial charge >= 0.3 is 6.01 Å². The molecule has 8 nitrogen and oxygen atoms in total. The van der Waals surface area contributed by atoms with Crippen molar-refractivity contribution in [3.63, 3.8) is 0 Å². The van der Waals surface area contributed by atoms with Crippen LogP contribution in [0.3, 0.4) is 0 Å². The first-order valence-electron chi connectivity index (χ1n) is 15.3. The number of carbonyl (C=O) groups excluding carboxylic acids is 1. The number of ether oxygens (including phenoxy) is 1. The fourth-order valence-electron chi connectivity index (χ4n) is 5.94. The Hall–Kier alpha value is -3.95. The molecule has 0 unspecified atom stereocenters. The van der Waals surface area contributed by atoms with E-state index in [-0.39, 0.29) is 24.5 Å². The molecule has 0 saturated carbocycles. The van der Waals surface area contributed by atoms with E-state index < -0.39 is 12.3 Å². The number of benzene rings is 2. The molecule has 3 heterocycles. The maximum Gasteiger partial charge on any atom is 0.318 e. The fraction of sp³-hybridized carbons (Fsp3) is 0.485. The summed E-state index contributed by atoms with van der Waals surface area (Å²) in [5.74, 6) is 0.979. The van der Waals surface area contributed by atoms with Crippen LogP contribution in [0, 0.1) is 0 Å². The third-order valence-corrected chi connectivity index (χ3v) is 8.39. The third-order valence-electron chi connectivity index (χ3n) is 8.39. The molecule has 0 aliphatic carbocycles. The van der Waals surface area contributed by atoms with Gasteiger partial charge in [-0.3, -0.25) is 4.79 Å². The number of piperazine rings is 1. The lowest BCUT2D eigenvalue weighted by Crippen LogP contribution is -2.49. The van der Waals surface area contributed by atoms with Crippen LogP contribution in [0.4, 0.5) is 20.3 Å². The van der Waals surface area contributed by atoms with Crippen molar-refractivity contribution in [1.82, 2.24) is 14.9 Å². The van der Waals surface area contributed by atoms with E-state index in [4.69, 9.17) is 14.7 Å².